The molecular formula is C10H11Br. The molecule has 1 atom stereocenters. The van der Waals surface area contributed by atoms with Crippen LogP contribution in [0.4, 0.5) is 0 Å². The lowest BCUT2D eigenvalue weighted by Crippen LogP contribution is -2.16. The first kappa shape index (κ1) is 8.62. The molecule has 0 amide bonds. The minimum atomic E-state index is 0.102. The third kappa shape index (κ3) is 2.55. The topological polar surface area (TPSA) is 0 Å². The van der Waals surface area contributed by atoms with Crippen molar-refractivity contribution in [2.45, 2.75) is 24.1 Å². The molecule has 0 fully saturated rings. The van der Waals surface area contributed by atoms with E-state index < -0.39 is 0 Å². The molecule has 0 saturated heterocycles. The van der Waals surface area contributed by atoms with Crippen LogP contribution >= 0.6 is 15.9 Å². The predicted octanol–water partition coefficient (Wildman–Crippen LogP) is 3.05. The highest BCUT2D eigenvalue weighted by molar-refractivity contribution is 9.10. The van der Waals surface area contributed by atoms with Gasteiger partial charge in [0.05, 0.1) is 4.32 Å². The molecule has 0 nitrogen and oxygen atoms in total. The van der Waals surface area contributed by atoms with Crippen molar-refractivity contribution in [3.8, 4) is 11.8 Å². The monoisotopic (exact) mass is 210 g/mol. The van der Waals surface area contributed by atoms with Crippen molar-refractivity contribution in [3.63, 3.8) is 0 Å². The van der Waals surface area contributed by atoms with Gasteiger partial charge in [-0.15, -0.1) is 11.8 Å². The Labute approximate surface area is 76.5 Å². The molecule has 58 valence electrons. The van der Waals surface area contributed by atoms with Crippen LogP contribution in [0.15, 0.2) is 24.3 Å². The summed E-state index contributed by atoms with van der Waals surface area (Å²) in [5.74, 6) is 5.98. The maximum Gasteiger partial charge on any atom is 0.0583 e. The third-order valence-corrected chi connectivity index (χ3v) is 2.53. The molecule has 0 aliphatic heterocycles. The highest BCUT2D eigenvalue weighted by Gasteiger charge is 2.21. The standard InChI is InChI=1S/C10H11Br/c1-2-3-7-10(11)8-5-4-6-9-10/h4-6,8H,7,9H2,1H3. The highest BCUT2D eigenvalue weighted by Crippen LogP contribution is 2.30. The van der Waals surface area contributed by atoms with Gasteiger partial charge in [-0.2, -0.15) is 0 Å². The van der Waals surface area contributed by atoms with E-state index in [-0.39, 0.29) is 4.32 Å². The lowest BCUT2D eigenvalue weighted by molar-refractivity contribution is 0.756. The molecule has 11 heavy (non-hydrogen) atoms. The molecule has 1 heteroatoms. The van der Waals surface area contributed by atoms with Crippen LogP contribution in [-0.2, 0) is 0 Å². The lowest BCUT2D eigenvalue weighted by atomic mass is 9.97. The summed E-state index contributed by atoms with van der Waals surface area (Å²) in [4.78, 5) is 0. The highest BCUT2D eigenvalue weighted by atomic mass is 79.9. The fourth-order valence-corrected chi connectivity index (χ4v) is 1.48. The van der Waals surface area contributed by atoms with Gasteiger partial charge >= 0.3 is 0 Å². The van der Waals surface area contributed by atoms with E-state index in [1.807, 2.05) is 6.92 Å². The van der Waals surface area contributed by atoms with Gasteiger partial charge < -0.3 is 0 Å². The summed E-state index contributed by atoms with van der Waals surface area (Å²) < 4.78 is 0.102. The molecule has 0 spiro atoms. The van der Waals surface area contributed by atoms with Gasteiger partial charge in [-0.05, 0) is 13.3 Å². The summed E-state index contributed by atoms with van der Waals surface area (Å²) in [5.41, 5.74) is 0. The number of halogens is 1. The largest absolute Gasteiger partial charge is 0.107 e. The second-order valence-electron chi connectivity index (χ2n) is 2.63. The Balaban J connectivity index is 2.58. The van der Waals surface area contributed by atoms with Gasteiger partial charge in [-0.25, -0.2) is 0 Å². The molecule has 1 rings (SSSR count). The molecular weight excluding hydrogens is 200 g/mol. The molecule has 0 bridgehead atoms. The molecule has 0 heterocycles. The Bertz CT molecular complexity index is 239. The van der Waals surface area contributed by atoms with Crippen molar-refractivity contribution in [2.75, 3.05) is 0 Å². The number of rotatable bonds is 1. The van der Waals surface area contributed by atoms with Crippen LogP contribution in [0.2, 0.25) is 0 Å². The van der Waals surface area contributed by atoms with E-state index in [4.69, 9.17) is 0 Å². The SMILES string of the molecule is CC#CCC1(Br)C=CC=CC1. The Morgan fingerprint density at radius 3 is 2.91 bits per heavy atom. The van der Waals surface area contributed by atoms with E-state index >= 15 is 0 Å². The van der Waals surface area contributed by atoms with E-state index in [0.29, 0.717) is 0 Å². The molecule has 0 aromatic heterocycles. The molecule has 1 aliphatic rings. The van der Waals surface area contributed by atoms with E-state index in [1.165, 1.54) is 0 Å². The van der Waals surface area contributed by atoms with Gasteiger partial charge in [-0.3, -0.25) is 0 Å². The minimum Gasteiger partial charge on any atom is -0.107 e. The lowest BCUT2D eigenvalue weighted by Gasteiger charge is -2.20. The Hall–Kier alpha value is -0.480. The van der Waals surface area contributed by atoms with Gasteiger partial charge in [0.15, 0.2) is 0 Å². The van der Waals surface area contributed by atoms with Crippen molar-refractivity contribution >= 4 is 15.9 Å². The summed E-state index contributed by atoms with van der Waals surface area (Å²) in [5, 5.41) is 0. The fraction of sp³-hybridized carbons (Fsp3) is 0.400. The first-order valence-electron chi connectivity index (χ1n) is 3.70. The Morgan fingerprint density at radius 1 is 1.55 bits per heavy atom. The summed E-state index contributed by atoms with van der Waals surface area (Å²) in [6.07, 6.45) is 10.4. The van der Waals surface area contributed by atoms with Crippen LogP contribution in [0.1, 0.15) is 19.8 Å². The molecule has 1 aliphatic carbocycles. The Kier molecular flexibility index (Phi) is 2.96. The molecule has 0 N–H and O–H groups in total. The van der Waals surface area contributed by atoms with E-state index in [9.17, 15) is 0 Å². The Morgan fingerprint density at radius 2 is 2.36 bits per heavy atom. The number of allylic oxidation sites excluding steroid dienone is 4. The summed E-state index contributed by atoms with van der Waals surface area (Å²) in [6, 6.07) is 0. The van der Waals surface area contributed by atoms with Crippen LogP contribution in [0.3, 0.4) is 0 Å². The average Bonchev–Trinajstić information content (AvgIpc) is 2.03. The molecule has 0 radical (unpaired) electrons. The van der Waals surface area contributed by atoms with Crippen molar-refractivity contribution in [1.82, 2.24) is 0 Å². The first-order chi connectivity index (χ1) is 5.27. The van der Waals surface area contributed by atoms with Gasteiger partial charge in [0.2, 0.25) is 0 Å². The fourth-order valence-electron chi connectivity index (χ4n) is 1.00. The molecule has 0 aromatic rings. The summed E-state index contributed by atoms with van der Waals surface area (Å²) in [6.45, 7) is 1.87. The van der Waals surface area contributed by atoms with Crippen LogP contribution in [-0.4, -0.2) is 4.32 Å². The van der Waals surface area contributed by atoms with Gasteiger partial charge in [-0.1, -0.05) is 40.2 Å². The smallest absolute Gasteiger partial charge is 0.0583 e. The second kappa shape index (κ2) is 3.78. The van der Waals surface area contributed by atoms with Crippen molar-refractivity contribution < 1.29 is 0 Å². The average molecular weight is 211 g/mol. The van der Waals surface area contributed by atoms with Crippen LogP contribution in [0.5, 0.6) is 0 Å². The van der Waals surface area contributed by atoms with Crippen LogP contribution in [0, 0.1) is 11.8 Å². The summed E-state index contributed by atoms with van der Waals surface area (Å²) >= 11 is 3.66. The maximum absolute atomic E-state index is 3.66. The zero-order valence-electron chi connectivity index (χ0n) is 6.60. The van der Waals surface area contributed by atoms with E-state index in [1.54, 1.807) is 0 Å². The van der Waals surface area contributed by atoms with Crippen LogP contribution < -0.4 is 0 Å². The van der Waals surface area contributed by atoms with Gasteiger partial charge in [0, 0.05) is 6.42 Å². The minimum absolute atomic E-state index is 0.102. The van der Waals surface area contributed by atoms with Crippen molar-refractivity contribution in [2.24, 2.45) is 0 Å². The quantitative estimate of drug-likeness (QED) is 0.462. The first-order valence-corrected chi connectivity index (χ1v) is 4.49. The zero-order valence-corrected chi connectivity index (χ0v) is 8.19. The number of alkyl halides is 1. The molecule has 1 unspecified atom stereocenters. The summed E-state index contributed by atoms with van der Waals surface area (Å²) in [7, 11) is 0. The molecule has 0 aromatic carbocycles. The van der Waals surface area contributed by atoms with Crippen molar-refractivity contribution in [3.05, 3.63) is 24.3 Å². The number of hydrogen-bond acceptors (Lipinski definition) is 0. The van der Waals surface area contributed by atoms with E-state index in [0.717, 1.165) is 12.8 Å². The van der Waals surface area contributed by atoms with Crippen molar-refractivity contribution in [1.29, 1.82) is 0 Å². The second-order valence-corrected chi connectivity index (χ2v) is 4.21. The van der Waals surface area contributed by atoms with Crippen LogP contribution in [0.25, 0.3) is 0 Å². The zero-order chi connectivity index (χ0) is 8.16. The normalized spacial score (nSPS) is 27.8. The van der Waals surface area contributed by atoms with Gasteiger partial charge in [0.25, 0.3) is 0 Å². The van der Waals surface area contributed by atoms with Gasteiger partial charge in [0.1, 0.15) is 0 Å². The molecule has 0 saturated carbocycles. The van der Waals surface area contributed by atoms with E-state index in [2.05, 4.69) is 52.1 Å². The maximum atomic E-state index is 3.66. The number of hydrogen-bond donors (Lipinski definition) is 0. The predicted molar refractivity (Wildman–Crippen MR) is 52.6 cm³/mol. The third-order valence-electron chi connectivity index (χ3n) is 1.66.